The molecule has 1 aliphatic rings. The van der Waals surface area contributed by atoms with E-state index in [-0.39, 0.29) is 5.69 Å². The monoisotopic (exact) mass is 276 g/mol. The Balaban J connectivity index is 1.93. The van der Waals surface area contributed by atoms with Crippen LogP contribution in [0.15, 0.2) is 24.3 Å². The van der Waals surface area contributed by atoms with Crippen molar-refractivity contribution in [3.63, 3.8) is 0 Å². The van der Waals surface area contributed by atoms with Gasteiger partial charge >= 0.3 is 0 Å². The highest BCUT2D eigenvalue weighted by Gasteiger charge is 2.27. The summed E-state index contributed by atoms with van der Waals surface area (Å²) in [5.41, 5.74) is 0.0625. The topological polar surface area (TPSA) is 49.8 Å². The van der Waals surface area contributed by atoms with E-state index in [4.69, 9.17) is 0 Å². The van der Waals surface area contributed by atoms with Crippen molar-refractivity contribution >= 4 is 17.3 Å². The average molecular weight is 276 g/mol. The molecule has 1 aliphatic carbocycles. The molecule has 0 radical (unpaired) electrons. The lowest BCUT2D eigenvalue weighted by molar-refractivity contribution is 0.511. The first kappa shape index (κ1) is 12.8. The first-order valence-electron chi connectivity index (χ1n) is 6.45. The van der Waals surface area contributed by atoms with Crippen molar-refractivity contribution in [1.29, 1.82) is 0 Å². The zero-order valence-corrected chi connectivity index (χ0v) is 11.0. The normalized spacial score (nSPS) is 14.2. The quantitative estimate of drug-likeness (QED) is 0.898. The molecule has 1 heterocycles. The number of rotatable bonds is 4. The first-order valence-corrected chi connectivity index (χ1v) is 6.45. The summed E-state index contributed by atoms with van der Waals surface area (Å²) in [5.74, 6) is 0.416. The number of nitrogens with one attached hydrogen (secondary N) is 2. The molecule has 0 spiro atoms. The summed E-state index contributed by atoms with van der Waals surface area (Å²) in [7, 11) is 1.76. The zero-order valence-electron chi connectivity index (χ0n) is 11.0. The van der Waals surface area contributed by atoms with Gasteiger partial charge in [0.1, 0.15) is 17.5 Å². The molecule has 2 N–H and O–H groups in total. The van der Waals surface area contributed by atoms with Gasteiger partial charge in [0.2, 0.25) is 0 Å². The number of nitrogens with zero attached hydrogens (tertiary/aromatic N) is 2. The Kier molecular flexibility index (Phi) is 3.22. The van der Waals surface area contributed by atoms with Gasteiger partial charge in [0.15, 0.2) is 11.6 Å². The molecule has 1 aromatic heterocycles. The molecule has 1 saturated carbocycles. The molecule has 4 nitrogen and oxygen atoms in total. The maximum absolute atomic E-state index is 13.6. The van der Waals surface area contributed by atoms with E-state index < -0.39 is 11.6 Å². The maximum Gasteiger partial charge on any atom is 0.182 e. The van der Waals surface area contributed by atoms with Crippen LogP contribution in [0.2, 0.25) is 0 Å². The van der Waals surface area contributed by atoms with Crippen LogP contribution in [0.25, 0.3) is 0 Å². The van der Waals surface area contributed by atoms with Crippen LogP contribution in [-0.2, 0) is 0 Å². The van der Waals surface area contributed by atoms with E-state index in [0.29, 0.717) is 17.6 Å². The summed E-state index contributed by atoms with van der Waals surface area (Å²) < 4.78 is 26.8. The van der Waals surface area contributed by atoms with Crippen LogP contribution in [0.3, 0.4) is 0 Å². The van der Waals surface area contributed by atoms with Crippen LogP contribution in [0.5, 0.6) is 0 Å². The van der Waals surface area contributed by atoms with E-state index in [9.17, 15) is 8.78 Å². The number of aromatic nitrogens is 2. The fourth-order valence-corrected chi connectivity index (χ4v) is 1.92. The highest BCUT2D eigenvalue weighted by atomic mass is 19.2. The molecule has 20 heavy (non-hydrogen) atoms. The first-order chi connectivity index (χ1) is 9.67. The number of benzene rings is 1. The molecule has 0 amide bonds. The molecular formula is C14H14F2N4. The molecule has 104 valence electrons. The summed E-state index contributed by atoms with van der Waals surface area (Å²) in [6, 6.07) is 5.66. The van der Waals surface area contributed by atoms with Crippen molar-refractivity contribution in [3.8, 4) is 0 Å². The predicted molar refractivity (Wildman–Crippen MR) is 73.2 cm³/mol. The molecule has 1 fully saturated rings. The molecule has 0 atom stereocenters. The van der Waals surface area contributed by atoms with Gasteiger partial charge in [-0.05, 0) is 25.0 Å². The van der Waals surface area contributed by atoms with Crippen molar-refractivity contribution in [2.45, 2.75) is 18.8 Å². The van der Waals surface area contributed by atoms with Crippen molar-refractivity contribution in [1.82, 2.24) is 9.97 Å². The van der Waals surface area contributed by atoms with Crippen LogP contribution >= 0.6 is 0 Å². The van der Waals surface area contributed by atoms with E-state index in [1.807, 2.05) is 0 Å². The standard InChI is InChI=1S/C14H14F2N4/c1-17-11-7-12(20-14(19-11)8-5-6-8)18-10-4-2-3-9(15)13(10)16/h2-4,7-8H,5-6H2,1H3,(H2,17,18,19,20). The third-order valence-corrected chi connectivity index (χ3v) is 3.16. The molecular weight excluding hydrogens is 262 g/mol. The Bertz CT molecular complexity index is 641. The van der Waals surface area contributed by atoms with E-state index >= 15 is 0 Å². The van der Waals surface area contributed by atoms with Crippen molar-refractivity contribution in [2.75, 3.05) is 17.7 Å². The molecule has 0 aliphatic heterocycles. The van der Waals surface area contributed by atoms with Crippen molar-refractivity contribution < 1.29 is 8.78 Å². The Labute approximate surface area is 115 Å². The lowest BCUT2D eigenvalue weighted by atomic mass is 10.3. The zero-order chi connectivity index (χ0) is 14.1. The minimum atomic E-state index is -0.912. The Hall–Kier alpha value is -2.24. The number of hydrogen-bond acceptors (Lipinski definition) is 4. The summed E-state index contributed by atoms with van der Waals surface area (Å²) in [6.07, 6.45) is 2.14. The van der Waals surface area contributed by atoms with Gasteiger partial charge in [0.25, 0.3) is 0 Å². The molecule has 0 unspecified atom stereocenters. The molecule has 0 saturated heterocycles. The van der Waals surface area contributed by atoms with Crippen LogP contribution in [0.1, 0.15) is 24.6 Å². The Morgan fingerprint density at radius 3 is 2.60 bits per heavy atom. The maximum atomic E-state index is 13.6. The molecule has 6 heteroatoms. The van der Waals surface area contributed by atoms with Gasteiger partial charge in [-0.15, -0.1) is 0 Å². The number of halogens is 2. The smallest absolute Gasteiger partial charge is 0.182 e. The van der Waals surface area contributed by atoms with Crippen molar-refractivity contribution in [3.05, 3.63) is 41.7 Å². The van der Waals surface area contributed by atoms with Gasteiger partial charge in [-0.3, -0.25) is 0 Å². The highest BCUT2D eigenvalue weighted by molar-refractivity contribution is 5.60. The average Bonchev–Trinajstić information content (AvgIpc) is 3.28. The minimum absolute atomic E-state index is 0.0625. The molecule has 3 rings (SSSR count). The van der Waals surface area contributed by atoms with Gasteiger partial charge < -0.3 is 10.6 Å². The highest BCUT2D eigenvalue weighted by Crippen LogP contribution is 2.39. The van der Waals surface area contributed by atoms with Crippen LogP contribution < -0.4 is 10.6 Å². The third-order valence-electron chi connectivity index (χ3n) is 3.16. The molecule has 1 aromatic carbocycles. The van der Waals surface area contributed by atoms with E-state index in [1.54, 1.807) is 13.1 Å². The van der Waals surface area contributed by atoms with E-state index in [2.05, 4.69) is 20.6 Å². The lowest BCUT2D eigenvalue weighted by Gasteiger charge is -2.10. The van der Waals surface area contributed by atoms with Gasteiger partial charge in [-0.1, -0.05) is 6.07 Å². The van der Waals surface area contributed by atoms with Crippen LogP contribution in [-0.4, -0.2) is 17.0 Å². The molecule has 2 aromatic rings. The SMILES string of the molecule is CNc1cc(Nc2cccc(F)c2F)nc(C2CC2)n1. The lowest BCUT2D eigenvalue weighted by Crippen LogP contribution is -2.04. The fraction of sp³-hybridized carbons (Fsp3) is 0.286. The fourth-order valence-electron chi connectivity index (χ4n) is 1.92. The Morgan fingerprint density at radius 1 is 1.15 bits per heavy atom. The third kappa shape index (κ3) is 2.54. The second kappa shape index (κ2) is 5.03. The van der Waals surface area contributed by atoms with Gasteiger partial charge in [0, 0.05) is 19.0 Å². The van der Waals surface area contributed by atoms with E-state index in [1.165, 1.54) is 12.1 Å². The largest absolute Gasteiger partial charge is 0.373 e. The van der Waals surface area contributed by atoms with Gasteiger partial charge in [0.05, 0.1) is 5.69 Å². The number of anilines is 3. The Morgan fingerprint density at radius 2 is 1.90 bits per heavy atom. The summed E-state index contributed by atoms with van der Waals surface area (Å²) in [5, 5.41) is 5.75. The van der Waals surface area contributed by atoms with Gasteiger partial charge in [-0.2, -0.15) is 0 Å². The second-order valence-corrected chi connectivity index (χ2v) is 4.75. The van der Waals surface area contributed by atoms with Gasteiger partial charge in [-0.25, -0.2) is 18.7 Å². The van der Waals surface area contributed by atoms with Crippen LogP contribution in [0, 0.1) is 11.6 Å². The van der Waals surface area contributed by atoms with E-state index in [0.717, 1.165) is 24.7 Å². The summed E-state index contributed by atoms with van der Waals surface area (Å²) in [6.45, 7) is 0. The molecule has 0 bridgehead atoms. The summed E-state index contributed by atoms with van der Waals surface area (Å²) >= 11 is 0. The summed E-state index contributed by atoms with van der Waals surface area (Å²) in [4.78, 5) is 8.72. The van der Waals surface area contributed by atoms with Crippen molar-refractivity contribution in [2.24, 2.45) is 0 Å². The minimum Gasteiger partial charge on any atom is -0.373 e. The number of hydrogen-bond donors (Lipinski definition) is 2. The predicted octanol–water partition coefficient (Wildman–Crippen LogP) is 3.42. The van der Waals surface area contributed by atoms with Crippen LogP contribution in [0.4, 0.5) is 26.1 Å². The second-order valence-electron chi connectivity index (χ2n) is 4.75.